The largest absolute Gasteiger partial charge is 0.412 e. The van der Waals surface area contributed by atoms with Crippen molar-refractivity contribution < 1.29 is 64.0 Å². The smallest absolute Gasteiger partial charge is 0 e. The first-order valence-electron chi connectivity index (χ1n) is 0. The molecule has 52 valence electrons. The minimum Gasteiger partial charge on any atom is -0.412 e. The van der Waals surface area contributed by atoms with E-state index in [2.05, 4.69) is 0 Å². The van der Waals surface area contributed by atoms with E-state index < -0.39 is 0 Å². The van der Waals surface area contributed by atoms with Crippen molar-refractivity contribution in [1.82, 2.24) is 0 Å². The Morgan fingerprint density at radius 3 is 0.333 bits per heavy atom. The van der Waals surface area contributed by atoms with E-state index in [-0.39, 0.29) is 64.0 Å². The van der Waals surface area contributed by atoms with Crippen molar-refractivity contribution in [2.24, 2.45) is 0 Å². The van der Waals surface area contributed by atoms with Gasteiger partial charge < -0.3 is 21.9 Å². The molecule has 0 amide bonds. The molecule has 0 radical (unpaired) electrons. The van der Waals surface area contributed by atoms with Crippen molar-refractivity contribution >= 4 is 0 Å². The van der Waals surface area contributed by atoms with Gasteiger partial charge in [-0.1, -0.05) is 0 Å². The van der Waals surface area contributed by atoms with Gasteiger partial charge in [-0.2, -0.15) is 0 Å². The summed E-state index contributed by atoms with van der Waals surface area (Å²) in [5.41, 5.74) is 0. The summed E-state index contributed by atoms with van der Waals surface area (Å²) in [5, 5.41) is 0. The molecule has 0 aliphatic carbocycles. The van der Waals surface area contributed by atoms with Crippen LogP contribution in [0.3, 0.4) is 0 Å². The summed E-state index contributed by atoms with van der Waals surface area (Å²) >= 11 is 0. The first kappa shape index (κ1) is 188. The van der Waals surface area contributed by atoms with Crippen LogP contribution in [0.25, 0.3) is 0 Å². The second kappa shape index (κ2) is 114. The molecule has 0 bridgehead atoms. The second-order valence-corrected chi connectivity index (χ2v) is 0. The minimum absolute atomic E-state index is 0. The van der Waals surface area contributed by atoms with Gasteiger partial charge in [0.1, 0.15) is 0 Å². The van der Waals surface area contributed by atoms with E-state index in [9.17, 15) is 0 Å². The van der Waals surface area contributed by atoms with Crippen molar-refractivity contribution in [1.29, 1.82) is 0 Å². The van der Waals surface area contributed by atoms with E-state index in [4.69, 9.17) is 0 Å². The van der Waals surface area contributed by atoms with E-state index in [0.29, 0.717) is 0 Å². The summed E-state index contributed by atoms with van der Waals surface area (Å²) in [6.07, 6.45) is 0. The van der Waals surface area contributed by atoms with E-state index in [0.717, 1.165) is 0 Å². The molecular weight excluding hydrogens is 454 g/mol. The molecule has 0 atom stereocenters. The summed E-state index contributed by atoms with van der Waals surface area (Å²) in [6, 6.07) is 0. The minimum atomic E-state index is 0. The van der Waals surface area contributed by atoms with E-state index in [1.165, 1.54) is 0 Å². The third-order valence-electron chi connectivity index (χ3n) is 0. The standard InChI is InChI=1S/4H2O.2Pt/h4*1H2;;. The third kappa shape index (κ3) is 62.7. The van der Waals surface area contributed by atoms with Crippen molar-refractivity contribution in [3.8, 4) is 0 Å². The Hall–Kier alpha value is 1.22. The molecule has 8 N–H and O–H groups in total. The third-order valence-corrected chi connectivity index (χ3v) is 0. The summed E-state index contributed by atoms with van der Waals surface area (Å²) in [6.45, 7) is 0. The van der Waals surface area contributed by atoms with Crippen LogP contribution >= 0.6 is 0 Å². The Labute approximate surface area is 64.1 Å². The maximum Gasteiger partial charge on any atom is 0 e. The molecule has 0 fully saturated rings. The fourth-order valence-electron chi connectivity index (χ4n) is 0. The first-order valence-corrected chi connectivity index (χ1v) is 0. The van der Waals surface area contributed by atoms with Crippen LogP contribution in [0.2, 0.25) is 0 Å². The second-order valence-electron chi connectivity index (χ2n) is 0. The van der Waals surface area contributed by atoms with Crippen molar-refractivity contribution in [3.63, 3.8) is 0 Å². The Morgan fingerprint density at radius 1 is 0.333 bits per heavy atom. The van der Waals surface area contributed by atoms with Crippen LogP contribution < -0.4 is 0 Å². The maximum atomic E-state index is 0. The molecule has 0 saturated carbocycles. The maximum absolute atomic E-state index is 0. The predicted octanol–water partition coefficient (Wildman–Crippen LogP) is -3.30. The van der Waals surface area contributed by atoms with Gasteiger partial charge in [0.15, 0.2) is 0 Å². The van der Waals surface area contributed by atoms with E-state index >= 15 is 0 Å². The van der Waals surface area contributed by atoms with Gasteiger partial charge in [0.05, 0.1) is 0 Å². The Bertz CT molecular complexity index is 5.51. The van der Waals surface area contributed by atoms with Gasteiger partial charge in [-0.3, -0.25) is 0 Å². The quantitative estimate of drug-likeness (QED) is 0.358. The molecule has 0 aliphatic heterocycles. The summed E-state index contributed by atoms with van der Waals surface area (Å²) in [5.74, 6) is 0. The van der Waals surface area contributed by atoms with Crippen molar-refractivity contribution in [2.45, 2.75) is 0 Å². The monoisotopic (exact) mass is 462 g/mol. The molecule has 0 aliphatic rings. The fourth-order valence-corrected chi connectivity index (χ4v) is 0. The van der Waals surface area contributed by atoms with Crippen LogP contribution in [0.1, 0.15) is 0 Å². The van der Waals surface area contributed by atoms with Crippen LogP contribution in [-0.2, 0) is 42.1 Å². The average Bonchev–Trinajstić information content (AvgIpc) is 0. The molecule has 0 unspecified atom stereocenters. The van der Waals surface area contributed by atoms with Gasteiger partial charge in [0.25, 0.3) is 0 Å². The molecule has 0 heterocycles. The van der Waals surface area contributed by atoms with Crippen LogP contribution in [0, 0.1) is 0 Å². The normalized spacial score (nSPS) is 0. The van der Waals surface area contributed by atoms with Gasteiger partial charge in [-0.15, -0.1) is 0 Å². The number of rotatable bonds is 0. The molecule has 4 nitrogen and oxygen atoms in total. The molecule has 0 rings (SSSR count). The zero-order valence-electron chi connectivity index (χ0n) is 2.63. The molecule has 0 saturated heterocycles. The Kier molecular flexibility index (Phi) is 3590. The summed E-state index contributed by atoms with van der Waals surface area (Å²) < 4.78 is 0. The predicted molar refractivity (Wildman–Crippen MR) is 14.5 cm³/mol. The number of hydrogen-bond donors (Lipinski definition) is 0. The van der Waals surface area contributed by atoms with Gasteiger partial charge in [0.2, 0.25) is 0 Å². The fraction of sp³-hybridized carbons (Fsp3) is 0. The molecule has 0 aromatic rings. The topological polar surface area (TPSA) is 126 Å². The van der Waals surface area contributed by atoms with Gasteiger partial charge >= 0.3 is 0 Å². The van der Waals surface area contributed by atoms with E-state index in [1.807, 2.05) is 0 Å². The summed E-state index contributed by atoms with van der Waals surface area (Å²) in [7, 11) is 0. The molecule has 6 heavy (non-hydrogen) atoms. The van der Waals surface area contributed by atoms with Gasteiger partial charge in [-0.25, -0.2) is 0 Å². The van der Waals surface area contributed by atoms with E-state index in [1.54, 1.807) is 0 Å². The van der Waals surface area contributed by atoms with Gasteiger partial charge in [0, 0.05) is 42.1 Å². The van der Waals surface area contributed by atoms with Gasteiger partial charge in [-0.05, 0) is 0 Å². The molecule has 6 heteroatoms. The van der Waals surface area contributed by atoms with Crippen LogP contribution in [-0.4, -0.2) is 21.9 Å². The van der Waals surface area contributed by atoms with Crippen molar-refractivity contribution in [3.05, 3.63) is 0 Å². The Morgan fingerprint density at radius 2 is 0.333 bits per heavy atom. The SMILES string of the molecule is O.O.O.O.[Pt].[Pt]. The van der Waals surface area contributed by atoms with Crippen LogP contribution in [0.4, 0.5) is 0 Å². The first-order chi connectivity index (χ1) is 0. The van der Waals surface area contributed by atoms with Crippen LogP contribution in [0.5, 0.6) is 0 Å². The molecule has 0 aromatic heterocycles. The Balaban J connectivity index is 0. The number of hydrogen-bond acceptors (Lipinski definition) is 0. The zero-order valence-corrected chi connectivity index (χ0v) is 7.18. The molecule has 0 aromatic carbocycles. The van der Waals surface area contributed by atoms with Crippen molar-refractivity contribution in [2.75, 3.05) is 0 Å². The molecule has 0 spiro atoms. The van der Waals surface area contributed by atoms with Crippen LogP contribution in [0.15, 0.2) is 0 Å². The molecular formula is H8O4Pt2. The average molecular weight is 462 g/mol. The zero-order chi connectivity index (χ0) is 0. The summed E-state index contributed by atoms with van der Waals surface area (Å²) in [4.78, 5) is 0.